The van der Waals surface area contributed by atoms with Gasteiger partial charge in [0.05, 0.1) is 22.6 Å². The van der Waals surface area contributed by atoms with E-state index < -0.39 is 0 Å². The molecule has 2 atom stereocenters. The maximum Gasteiger partial charge on any atom is 0.161 e. The summed E-state index contributed by atoms with van der Waals surface area (Å²) < 4.78 is 16.2. The van der Waals surface area contributed by atoms with E-state index in [1.165, 1.54) is 25.5 Å². The summed E-state index contributed by atoms with van der Waals surface area (Å²) in [7, 11) is 4.01. The van der Waals surface area contributed by atoms with Crippen LogP contribution in [0.15, 0.2) is 36.7 Å². The van der Waals surface area contributed by atoms with E-state index in [1.54, 1.807) is 24.0 Å². The second-order valence-electron chi connectivity index (χ2n) is 9.11. The van der Waals surface area contributed by atoms with Crippen LogP contribution < -0.4 is 4.90 Å². The highest BCUT2D eigenvalue weighted by Gasteiger charge is 2.37. The number of likely N-dealkylation sites (N-methyl/N-ethyl adjacent to an activating group) is 1. The van der Waals surface area contributed by atoms with E-state index in [9.17, 15) is 4.39 Å². The Morgan fingerprint density at radius 1 is 1.12 bits per heavy atom. The molecule has 0 saturated carbocycles. The van der Waals surface area contributed by atoms with Gasteiger partial charge in [0.1, 0.15) is 5.52 Å². The molecule has 3 aromatic heterocycles. The van der Waals surface area contributed by atoms with E-state index in [0.717, 1.165) is 29.5 Å². The highest BCUT2D eigenvalue weighted by Crippen LogP contribution is 2.35. The van der Waals surface area contributed by atoms with Crippen LogP contribution in [0.25, 0.3) is 33.2 Å². The van der Waals surface area contributed by atoms with Crippen molar-refractivity contribution in [3.8, 4) is 11.3 Å². The van der Waals surface area contributed by atoms with Gasteiger partial charge >= 0.3 is 0 Å². The van der Waals surface area contributed by atoms with Crippen LogP contribution in [0, 0.1) is 11.7 Å². The van der Waals surface area contributed by atoms with Gasteiger partial charge in [-0.3, -0.25) is 4.68 Å². The van der Waals surface area contributed by atoms with Crippen LogP contribution in [0.4, 0.5) is 10.1 Å². The second-order valence-corrected chi connectivity index (χ2v) is 9.52. The van der Waals surface area contributed by atoms with Gasteiger partial charge in [-0.1, -0.05) is 11.6 Å². The average molecular weight is 451 g/mol. The molecule has 0 radical (unpaired) electrons. The van der Waals surface area contributed by atoms with Crippen LogP contribution in [-0.4, -0.2) is 57.4 Å². The van der Waals surface area contributed by atoms with Crippen molar-refractivity contribution < 1.29 is 4.39 Å². The molecule has 2 unspecified atom stereocenters. The Balaban J connectivity index is 1.36. The lowest BCUT2D eigenvalue weighted by atomic mass is 9.93. The third-order valence-electron chi connectivity index (χ3n) is 7.00. The number of nitrogens with zero attached hydrogens (tertiary/aromatic N) is 6. The lowest BCUT2D eigenvalue weighted by Crippen LogP contribution is -2.42. The van der Waals surface area contributed by atoms with Gasteiger partial charge < -0.3 is 9.80 Å². The van der Waals surface area contributed by atoms with Gasteiger partial charge in [-0.15, -0.1) is 0 Å². The molecular formula is C24H24ClFN6. The Hall–Kier alpha value is -2.77. The van der Waals surface area contributed by atoms with E-state index >= 15 is 0 Å². The first-order valence-electron chi connectivity index (χ1n) is 11.0. The predicted octanol–water partition coefficient (Wildman–Crippen LogP) is 4.51. The van der Waals surface area contributed by atoms with E-state index in [-0.39, 0.29) is 5.82 Å². The van der Waals surface area contributed by atoms with Crippen LogP contribution in [-0.2, 0) is 7.05 Å². The van der Waals surface area contributed by atoms with Crippen LogP contribution in [0.2, 0.25) is 5.02 Å². The van der Waals surface area contributed by atoms with Crippen molar-refractivity contribution in [2.24, 2.45) is 13.0 Å². The SMILES string of the molecule is CN1CCCC2CN(c3cnc4nc(-c5cc(F)c6nn(C)cc6c5)cc(Cl)c4c3)CC21. The molecule has 0 spiro atoms. The average Bonchev–Trinajstić information content (AvgIpc) is 3.37. The van der Waals surface area contributed by atoms with E-state index in [0.29, 0.717) is 39.4 Å². The third-order valence-corrected chi connectivity index (χ3v) is 7.31. The van der Waals surface area contributed by atoms with Crippen molar-refractivity contribution in [3.05, 3.63) is 47.5 Å². The molecule has 0 N–H and O–H groups in total. The van der Waals surface area contributed by atoms with Crippen molar-refractivity contribution in [2.75, 3.05) is 31.6 Å². The van der Waals surface area contributed by atoms with Gasteiger partial charge in [0.2, 0.25) is 0 Å². The third kappa shape index (κ3) is 3.22. The van der Waals surface area contributed by atoms with Crippen LogP contribution in [0.1, 0.15) is 12.8 Å². The Bertz CT molecular complexity index is 1350. The molecule has 0 amide bonds. The molecule has 5 heterocycles. The molecule has 2 aliphatic heterocycles. The molecule has 4 aromatic rings. The van der Waals surface area contributed by atoms with Crippen molar-refractivity contribution in [1.29, 1.82) is 0 Å². The van der Waals surface area contributed by atoms with E-state index in [4.69, 9.17) is 16.6 Å². The fraction of sp³-hybridized carbons (Fsp3) is 0.375. The zero-order valence-corrected chi connectivity index (χ0v) is 18.8. The lowest BCUT2D eigenvalue weighted by molar-refractivity contribution is 0.158. The standard InChI is InChI=1S/C24H24ClFN6/c1-30-5-3-4-14-12-32(13-22(14)30)17-8-18-19(25)9-21(28-24(18)27-10-17)15-6-16-11-31(2)29-23(16)20(26)7-15/h6-11,14,22H,3-5,12-13H2,1-2H3. The highest BCUT2D eigenvalue weighted by molar-refractivity contribution is 6.35. The Labute approximate surface area is 190 Å². The number of aryl methyl sites for hydroxylation is 1. The lowest BCUT2D eigenvalue weighted by Gasteiger charge is -2.33. The first-order chi connectivity index (χ1) is 15.5. The number of rotatable bonds is 2. The Morgan fingerprint density at radius 2 is 2.00 bits per heavy atom. The molecule has 1 aromatic carbocycles. The van der Waals surface area contributed by atoms with Gasteiger partial charge in [0.25, 0.3) is 0 Å². The number of hydrogen-bond acceptors (Lipinski definition) is 5. The topological polar surface area (TPSA) is 50.1 Å². The minimum absolute atomic E-state index is 0.350. The van der Waals surface area contributed by atoms with Crippen molar-refractivity contribution in [2.45, 2.75) is 18.9 Å². The molecule has 2 aliphatic rings. The maximum absolute atomic E-state index is 14.6. The van der Waals surface area contributed by atoms with Crippen LogP contribution in [0.3, 0.4) is 0 Å². The van der Waals surface area contributed by atoms with Gasteiger partial charge in [-0.2, -0.15) is 5.10 Å². The number of likely N-dealkylation sites (tertiary alicyclic amines) is 1. The zero-order chi connectivity index (χ0) is 22.0. The molecule has 8 heteroatoms. The molecule has 2 saturated heterocycles. The second kappa shape index (κ2) is 7.39. The highest BCUT2D eigenvalue weighted by atomic mass is 35.5. The number of aromatic nitrogens is 4. The largest absolute Gasteiger partial charge is 0.368 e. The minimum atomic E-state index is -0.375. The Kier molecular flexibility index (Phi) is 4.59. The molecule has 0 aliphatic carbocycles. The molecule has 0 bridgehead atoms. The van der Waals surface area contributed by atoms with Crippen molar-refractivity contribution in [1.82, 2.24) is 24.6 Å². The van der Waals surface area contributed by atoms with Gasteiger partial charge in [-0.05, 0) is 56.6 Å². The molecule has 6 rings (SSSR count). The quantitative estimate of drug-likeness (QED) is 0.450. The monoisotopic (exact) mass is 450 g/mol. The van der Waals surface area contributed by atoms with Crippen molar-refractivity contribution >= 4 is 39.2 Å². The van der Waals surface area contributed by atoms with E-state index in [2.05, 4.69) is 33.0 Å². The molecule has 32 heavy (non-hydrogen) atoms. The van der Waals surface area contributed by atoms with Crippen LogP contribution >= 0.6 is 11.6 Å². The number of piperidine rings is 1. The molecular weight excluding hydrogens is 427 g/mol. The number of anilines is 1. The summed E-state index contributed by atoms with van der Waals surface area (Å²) in [5.74, 6) is 0.331. The zero-order valence-electron chi connectivity index (χ0n) is 18.1. The minimum Gasteiger partial charge on any atom is -0.368 e. The number of benzene rings is 1. The number of pyridine rings is 2. The molecule has 2 fully saturated rings. The number of hydrogen-bond donors (Lipinski definition) is 0. The first-order valence-corrected chi connectivity index (χ1v) is 11.4. The van der Waals surface area contributed by atoms with Gasteiger partial charge in [0.15, 0.2) is 11.5 Å². The molecule has 6 nitrogen and oxygen atoms in total. The Morgan fingerprint density at radius 3 is 2.84 bits per heavy atom. The van der Waals surface area contributed by atoms with Crippen molar-refractivity contribution in [3.63, 3.8) is 0 Å². The maximum atomic E-state index is 14.6. The summed E-state index contributed by atoms with van der Waals surface area (Å²) >= 11 is 6.68. The van der Waals surface area contributed by atoms with Gasteiger partial charge in [-0.25, -0.2) is 14.4 Å². The fourth-order valence-corrected chi connectivity index (χ4v) is 5.60. The number of halogens is 2. The summed E-state index contributed by atoms with van der Waals surface area (Å²) in [6.45, 7) is 3.24. The van der Waals surface area contributed by atoms with E-state index in [1.807, 2.05) is 12.3 Å². The van der Waals surface area contributed by atoms with Gasteiger partial charge in [0, 0.05) is 48.7 Å². The first kappa shape index (κ1) is 19.9. The number of fused-ring (bicyclic) bond motifs is 3. The molecule has 164 valence electrons. The van der Waals surface area contributed by atoms with Crippen LogP contribution in [0.5, 0.6) is 0 Å². The summed E-state index contributed by atoms with van der Waals surface area (Å²) in [4.78, 5) is 14.2. The fourth-order valence-electron chi connectivity index (χ4n) is 5.35. The predicted molar refractivity (Wildman–Crippen MR) is 126 cm³/mol. The summed E-state index contributed by atoms with van der Waals surface area (Å²) in [5.41, 5.74) is 3.25. The normalized spacial score (nSPS) is 21.6. The summed E-state index contributed by atoms with van der Waals surface area (Å²) in [5, 5.41) is 6.28. The smallest absolute Gasteiger partial charge is 0.161 e. The summed E-state index contributed by atoms with van der Waals surface area (Å²) in [6.07, 6.45) is 6.24. The summed E-state index contributed by atoms with van der Waals surface area (Å²) in [6, 6.07) is 7.82.